The summed E-state index contributed by atoms with van der Waals surface area (Å²) in [6.07, 6.45) is -1.66. The van der Waals surface area contributed by atoms with E-state index in [9.17, 15) is 28.9 Å². The monoisotopic (exact) mass is 384 g/mol. The molecule has 2 aliphatic rings. The van der Waals surface area contributed by atoms with Gasteiger partial charge in [0, 0.05) is 34.2 Å². The lowest BCUT2D eigenvalue weighted by molar-refractivity contribution is -0.0425. The van der Waals surface area contributed by atoms with Crippen LogP contribution in [-0.2, 0) is 0 Å². The minimum Gasteiger partial charge on any atom is -0.505 e. The Hall–Kier alpha value is -3.29. The third kappa shape index (κ3) is 2.81. The molecule has 5 nitrogen and oxygen atoms in total. The average Bonchev–Trinajstić information content (AvgIpc) is 2.63. The quantitative estimate of drug-likeness (QED) is 0.361. The molecule has 2 aromatic rings. The molecule has 0 amide bonds. The van der Waals surface area contributed by atoms with Crippen LogP contribution >= 0.6 is 0 Å². The molecule has 4 rings (SSSR count). The molecule has 1 aliphatic heterocycles. The van der Waals surface area contributed by atoms with Gasteiger partial charge < -0.3 is 19.7 Å². The largest absolute Gasteiger partial charge is 0.505 e. The van der Waals surface area contributed by atoms with E-state index in [1.807, 2.05) is 0 Å². The van der Waals surface area contributed by atoms with E-state index in [2.05, 4.69) is 0 Å². The van der Waals surface area contributed by atoms with E-state index in [4.69, 9.17) is 4.42 Å². The van der Waals surface area contributed by atoms with Crippen LogP contribution in [0.5, 0.6) is 5.75 Å². The number of rotatable bonds is 2. The predicted octanol–water partition coefficient (Wildman–Crippen LogP) is 3.84. The maximum absolute atomic E-state index is 14.1. The first-order valence-corrected chi connectivity index (χ1v) is 8.32. The van der Waals surface area contributed by atoms with E-state index in [-0.39, 0.29) is 27.9 Å². The number of aromatic hydroxyl groups is 1. The van der Waals surface area contributed by atoms with E-state index < -0.39 is 29.1 Å². The first-order chi connectivity index (χ1) is 13.3. The number of hydrogen-bond acceptors (Lipinski definition) is 5. The van der Waals surface area contributed by atoms with Crippen molar-refractivity contribution in [3.05, 3.63) is 75.4 Å². The molecular formula is C21H14F2O5. The Labute approximate surface area is 157 Å². The Morgan fingerprint density at radius 2 is 1.71 bits per heavy atom. The van der Waals surface area contributed by atoms with Crippen molar-refractivity contribution in [2.45, 2.75) is 13.2 Å². The number of benzene rings is 3. The van der Waals surface area contributed by atoms with Gasteiger partial charge in [0.2, 0.25) is 5.43 Å². The highest BCUT2D eigenvalue weighted by Gasteiger charge is 2.22. The summed E-state index contributed by atoms with van der Waals surface area (Å²) >= 11 is 0. The van der Waals surface area contributed by atoms with Crippen LogP contribution in [0.1, 0.15) is 17.4 Å². The number of phenols is 1. The van der Waals surface area contributed by atoms with Crippen LogP contribution in [0, 0.1) is 18.6 Å². The van der Waals surface area contributed by atoms with E-state index in [1.165, 1.54) is 12.1 Å². The molecule has 0 saturated carbocycles. The Kier molecular flexibility index (Phi) is 4.14. The minimum atomic E-state index is -1.66. The van der Waals surface area contributed by atoms with Gasteiger partial charge in [-0.25, -0.2) is 8.78 Å². The van der Waals surface area contributed by atoms with Crippen LogP contribution < -0.4 is 5.43 Å². The molecule has 0 fully saturated rings. The lowest BCUT2D eigenvalue weighted by Crippen LogP contribution is -2.07. The fourth-order valence-electron chi connectivity index (χ4n) is 3.32. The van der Waals surface area contributed by atoms with Gasteiger partial charge in [0.05, 0.1) is 0 Å². The zero-order valence-electron chi connectivity index (χ0n) is 14.5. The molecule has 1 aliphatic carbocycles. The SMILES string of the molecule is Cc1cc(C(O)O)ccc1-c1c2cc(F)c(=O)cc-2oc2cc(O)c(F)cc12. The number of hydrogen-bond donors (Lipinski definition) is 3. The first kappa shape index (κ1) is 18.1. The summed E-state index contributed by atoms with van der Waals surface area (Å²) in [6, 6.07) is 8.78. The molecule has 7 heteroatoms. The van der Waals surface area contributed by atoms with Gasteiger partial charge in [0.1, 0.15) is 11.3 Å². The second kappa shape index (κ2) is 6.40. The second-order valence-electron chi connectivity index (χ2n) is 6.50. The summed E-state index contributed by atoms with van der Waals surface area (Å²) in [7, 11) is 0. The van der Waals surface area contributed by atoms with Gasteiger partial charge in [-0.15, -0.1) is 0 Å². The van der Waals surface area contributed by atoms with Gasteiger partial charge in [0.15, 0.2) is 23.7 Å². The normalized spacial score (nSPS) is 11.6. The zero-order chi connectivity index (χ0) is 20.2. The molecule has 142 valence electrons. The van der Waals surface area contributed by atoms with Gasteiger partial charge in [-0.3, -0.25) is 4.79 Å². The third-order valence-corrected chi connectivity index (χ3v) is 4.66. The Bertz CT molecular complexity index is 1260. The third-order valence-electron chi connectivity index (χ3n) is 4.66. The van der Waals surface area contributed by atoms with Crippen molar-refractivity contribution < 1.29 is 28.5 Å². The van der Waals surface area contributed by atoms with Gasteiger partial charge in [0.25, 0.3) is 0 Å². The lowest BCUT2D eigenvalue weighted by atomic mass is 9.90. The maximum atomic E-state index is 14.1. The summed E-state index contributed by atoms with van der Waals surface area (Å²) in [5, 5.41) is 28.7. The number of aliphatic hydroxyl groups excluding tert-OH is 1. The van der Waals surface area contributed by atoms with Crippen LogP contribution in [0.2, 0.25) is 0 Å². The summed E-state index contributed by atoms with van der Waals surface area (Å²) in [5.74, 6) is -2.42. The fourth-order valence-corrected chi connectivity index (χ4v) is 3.32. The van der Waals surface area contributed by atoms with E-state index >= 15 is 0 Å². The van der Waals surface area contributed by atoms with Crippen LogP contribution in [0.3, 0.4) is 0 Å². The number of phenolic OH excluding ortho intramolecular Hbond substituents is 1. The molecule has 0 unspecified atom stereocenters. The van der Waals surface area contributed by atoms with Crippen molar-refractivity contribution in [1.82, 2.24) is 0 Å². The summed E-state index contributed by atoms with van der Waals surface area (Å²) in [6.45, 7) is 1.71. The number of aryl methyl sites for hydroxylation is 1. The molecule has 0 aromatic heterocycles. The standard InChI is InChI=1S/C21H14F2O5/c1-9-4-10(21(26)27)2-3-11(9)20-12-5-14(22)16(24)7-18(12)28-19-8-17(25)15(23)6-13(19)20/h2-8,21,24,26-27H,1H3. The smallest absolute Gasteiger partial charge is 0.217 e. The van der Waals surface area contributed by atoms with Crippen LogP contribution in [0.15, 0.2) is 51.7 Å². The number of fused-ring (bicyclic) bond motifs is 2. The Balaban J connectivity index is 2.17. The van der Waals surface area contributed by atoms with E-state index in [0.717, 1.165) is 24.3 Å². The topological polar surface area (TPSA) is 90.9 Å². The Morgan fingerprint density at radius 1 is 0.964 bits per heavy atom. The molecular weight excluding hydrogens is 370 g/mol. The van der Waals surface area contributed by atoms with E-state index in [0.29, 0.717) is 16.7 Å². The lowest BCUT2D eigenvalue weighted by Gasteiger charge is -2.18. The second-order valence-corrected chi connectivity index (χ2v) is 6.50. The van der Waals surface area contributed by atoms with Crippen molar-refractivity contribution in [1.29, 1.82) is 0 Å². The molecule has 0 atom stereocenters. The summed E-state index contributed by atoms with van der Waals surface area (Å²) in [4.78, 5) is 11.7. The van der Waals surface area contributed by atoms with Crippen LogP contribution in [0.4, 0.5) is 8.78 Å². The van der Waals surface area contributed by atoms with Crippen LogP contribution in [-0.4, -0.2) is 15.3 Å². The minimum absolute atomic E-state index is 0.0746. The van der Waals surface area contributed by atoms with Gasteiger partial charge in [-0.1, -0.05) is 18.2 Å². The highest BCUT2D eigenvalue weighted by atomic mass is 19.1. The van der Waals surface area contributed by atoms with E-state index in [1.54, 1.807) is 13.0 Å². The first-order valence-electron chi connectivity index (χ1n) is 8.32. The fraction of sp³-hybridized carbons (Fsp3) is 0.0952. The Morgan fingerprint density at radius 3 is 2.39 bits per heavy atom. The van der Waals surface area contributed by atoms with Crippen molar-refractivity contribution in [2.24, 2.45) is 0 Å². The van der Waals surface area contributed by atoms with Crippen LogP contribution in [0.25, 0.3) is 33.4 Å². The van der Waals surface area contributed by atoms with Gasteiger partial charge >= 0.3 is 0 Å². The molecule has 0 saturated heterocycles. The molecule has 0 radical (unpaired) electrons. The predicted molar refractivity (Wildman–Crippen MR) is 98.0 cm³/mol. The van der Waals surface area contributed by atoms with Crippen molar-refractivity contribution in [3.8, 4) is 28.2 Å². The van der Waals surface area contributed by atoms with Crippen molar-refractivity contribution >= 4 is 11.0 Å². The number of halogens is 2. The highest BCUT2D eigenvalue weighted by Crippen LogP contribution is 2.42. The summed E-state index contributed by atoms with van der Waals surface area (Å²) < 4.78 is 33.7. The molecule has 0 bridgehead atoms. The van der Waals surface area contributed by atoms with Gasteiger partial charge in [-0.2, -0.15) is 0 Å². The maximum Gasteiger partial charge on any atom is 0.217 e. The van der Waals surface area contributed by atoms with Crippen molar-refractivity contribution in [3.63, 3.8) is 0 Å². The average molecular weight is 384 g/mol. The molecule has 28 heavy (non-hydrogen) atoms. The highest BCUT2D eigenvalue weighted by molar-refractivity contribution is 6.02. The summed E-state index contributed by atoms with van der Waals surface area (Å²) in [5.41, 5.74) is 1.31. The number of aliphatic hydroxyl groups is 2. The van der Waals surface area contributed by atoms with Crippen molar-refractivity contribution in [2.75, 3.05) is 0 Å². The molecule has 3 N–H and O–H groups in total. The molecule has 0 spiro atoms. The van der Waals surface area contributed by atoms with Gasteiger partial charge in [-0.05, 0) is 30.2 Å². The molecule has 1 heterocycles. The zero-order valence-corrected chi connectivity index (χ0v) is 14.5. The molecule has 2 aromatic carbocycles.